The van der Waals surface area contributed by atoms with Crippen molar-refractivity contribution in [3.05, 3.63) is 89.9 Å². The van der Waals surface area contributed by atoms with Crippen LogP contribution in [0.5, 0.6) is 17.2 Å². The first-order chi connectivity index (χ1) is 16.2. The van der Waals surface area contributed by atoms with Gasteiger partial charge in [0.05, 0.1) is 5.69 Å². The van der Waals surface area contributed by atoms with E-state index in [0.29, 0.717) is 30.2 Å². The molecule has 0 aliphatic carbocycles. The van der Waals surface area contributed by atoms with E-state index in [-0.39, 0.29) is 11.7 Å². The normalized spacial score (nSPS) is 11.4. The Morgan fingerprint density at radius 2 is 1.59 bits per heavy atom. The van der Waals surface area contributed by atoms with Crippen molar-refractivity contribution < 1.29 is 27.4 Å². The molecule has 34 heavy (non-hydrogen) atoms. The number of imidazole rings is 1. The monoisotopic (exact) mass is 469 g/mol. The smallest absolute Gasteiger partial charge is 0.457 e. The van der Waals surface area contributed by atoms with E-state index in [2.05, 4.69) is 9.72 Å². The zero-order valence-electron chi connectivity index (χ0n) is 18.5. The van der Waals surface area contributed by atoms with Crippen LogP contribution in [0.3, 0.4) is 0 Å². The Labute approximate surface area is 194 Å². The van der Waals surface area contributed by atoms with Gasteiger partial charge in [-0.3, -0.25) is 9.20 Å². The van der Waals surface area contributed by atoms with Crippen LogP contribution in [0, 0.1) is 0 Å². The lowest BCUT2D eigenvalue weighted by molar-refractivity contribution is -0.274. The molecule has 0 unspecified atom stereocenters. The van der Waals surface area contributed by atoms with Gasteiger partial charge in [-0.05, 0) is 60.5 Å². The molecule has 0 spiro atoms. The number of amides is 1. The average Bonchev–Trinajstić information content (AvgIpc) is 3.19. The third-order valence-corrected chi connectivity index (χ3v) is 5.12. The molecule has 0 atom stereocenters. The fourth-order valence-electron chi connectivity index (χ4n) is 3.55. The highest BCUT2D eigenvalue weighted by molar-refractivity contribution is 5.94. The summed E-state index contributed by atoms with van der Waals surface area (Å²) in [4.78, 5) is 19.4. The number of ether oxygens (including phenoxy) is 2. The number of hydrogen-bond acceptors (Lipinski definition) is 4. The van der Waals surface area contributed by atoms with Crippen molar-refractivity contribution in [1.82, 2.24) is 14.3 Å². The molecule has 0 aliphatic heterocycles. The van der Waals surface area contributed by atoms with Crippen LogP contribution in [0.4, 0.5) is 13.2 Å². The van der Waals surface area contributed by atoms with Gasteiger partial charge in [0, 0.05) is 19.8 Å². The van der Waals surface area contributed by atoms with Crippen LogP contribution in [-0.4, -0.2) is 33.6 Å². The summed E-state index contributed by atoms with van der Waals surface area (Å²) in [5.74, 6) is 0.434. The minimum Gasteiger partial charge on any atom is -0.457 e. The molecule has 0 fully saturated rings. The number of carbonyl (C=O) groups is 1. The molecule has 2 heterocycles. The third-order valence-electron chi connectivity index (χ3n) is 5.12. The van der Waals surface area contributed by atoms with E-state index < -0.39 is 6.36 Å². The maximum atomic E-state index is 13.2. The Bertz CT molecular complexity index is 1280. The van der Waals surface area contributed by atoms with Crippen molar-refractivity contribution in [2.75, 3.05) is 7.05 Å². The Balaban J connectivity index is 1.41. The molecule has 2 aromatic carbocycles. The highest BCUT2D eigenvalue weighted by Gasteiger charge is 2.31. The van der Waals surface area contributed by atoms with E-state index >= 15 is 0 Å². The van der Waals surface area contributed by atoms with E-state index in [0.717, 1.165) is 16.9 Å². The largest absolute Gasteiger partial charge is 0.573 e. The molecule has 0 aliphatic rings. The first-order valence-electron chi connectivity index (χ1n) is 10.6. The maximum Gasteiger partial charge on any atom is 0.573 e. The first-order valence-corrected chi connectivity index (χ1v) is 10.6. The summed E-state index contributed by atoms with van der Waals surface area (Å²) in [7, 11) is 1.74. The van der Waals surface area contributed by atoms with Crippen LogP contribution in [0.15, 0.2) is 72.9 Å². The van der Waals surface area contributed by atoms with Gasteiger partial charge in [-0.25, -0.2) is 4.98 Å². The van der Waals surface area contributed by atoms with Crippen molar-refractivity contribution in [2.24, 2.45) is 0 Å². The van der Waals surface area contributed by atoms with Crippen LogP contribution >= 0.6 is 0 Å². The summed E-state index contributed by atoms with van der Waals surface area (Å²) >= 11 is 0. The Morgan fingerprint density at radius 1 is 0.971 bits per heavy atom. The number of hydrogen-bond donors (Lipinski definition) is 0. The Kier molecular flexibility index (Phi) is 6.45. The molecule has 2 aromatic heterocycles. The van der Waals surface area contributed by atoms with Crippen molar-refractivity contribution in [1.29, 1.82) is 0 Å². The number of nitrogens with zero attached hydrogens (tertiary/aromatic N) is 3. The van der Waals surface area contributed by atoms with Crippen molar-refractivity contribution in [3.8, 4) is 17.2 Å². The topological polar surface area (TPSA) is 56.1 Å². The fraction of sp³-hybridized carbons (Fsp3) is 0.200. The summed E-state index contributed by atoms with van der Waals surface area (Å²) < 4.78 is 48.1. The van der Waals surface area contributed by atoms with Crippen LogP contribution in [-0.2, 0) is 13.0 Å². The summed E-state index contributed by atoms with van der Waals surface area (Å²) in [6.07, 6.45) is -2.27. The van der Waals surface area contributed by atoms with E-state index in [1.54, 1.807) is 28.5 Å². The Morgan fingerprint density at radius 3 is 2.21 bits per heavy atom. The fourth-order valence-corrected chi connectivity index (χ4v) is 3.55. The summed E-state index contributed by atoms with van der Waals surface area (Å²) in [6.45, 7) is 2.35. The SMILES string of the molecule is CCc1nc2ccccn2c1C(=O)N(C)Cc1ccc(Oc2ccc(OC(F)(F)F)cc2)cc1. The predicted molar refractivity (Wildman–Crippen MR) is 120 cm³/mol. The molecule has 6 nitrogen and oxygen atoms in total. The quantitative estimate of drug-likeness (QED) is 0.340. The number of alkyl halides is 3. The number of pyridine rings is 1. The third kappa shape index (κ3) is 5.31. The number of rotatable bonds is 7. The zero-order chi connectivity index (χ0) is 24.3. The summed E-state index contributed by atoms with van der Waals surface area (Å²) in [6, 6.07) is 17.9. The van der Waals surface area contributed by atoms with Gasteiger partial charge in [-0.1, -0.05) is 25.1 Å². The number of benzene rings is 2. The second-order valence-electron chi connectivity index (χ2n) is 7.62. The van der Waals surface area contributed by atoms with E-state index in [1.807, 2.05) is 43.5 Å². The van der Waals surface area contributed by atoms with Crippen LogP contribution in [0.2, 0.25) is 0 Å². The van der Waals surface area contributed by atoms with E-state index in [1.165, 1.54) is 24.3 Å². The highest BCUT2D eigenvalue weighted by atomic mass is 19.4. The second-order valence-corrected chi connectivity index (χ2v) is 7.62. The van der Waals surface area contributed by atoms with E-state index in [9.17, 15) is 18.0 Å². The molecule has 0 saturated carbocycles. The van der Waals surface area contributed by atoms with Crippen LogP contribution in [0.25, 0.3) is 5.65 Å². The number of carbonyl (C=O) groups excluding carboxylic acids is 1. The molecule has 0 saturated heterocycles. The highest BCUT2D eigenvalue weighted by Crippen LogP contribution is 2.27. The van der Waals surface area contributed by atoms with Gasteiger partial charge in [0.15, 0.2) is 0 Å². The Hall–Kier alpha value is -4.01. The predicted octanol–water partition coefficient (Wildman–Crippen LogP) is 5.86. The molecule has 0 bridgehead atoms. The van der Waals surface area contributed by atoms with Crippen LogP contribution in [0.1, 0.15) is 28.7 Å². The molecule has 4 rings (SSSR count). The lowest BCUT2D eigenvalue weighted by Crippen LogP contribution is -2.28. The number of halogens is 3. The van der Waals surface area contributed by atoms with E-state index in [4.69, 9.17) is 4.74 Å². The lowest BCUT2D eigenvalue weighted by atomic mass is 10.2. The van der Waals surface area contributed by atoms with Crippen molar-refractivity contribution >= 4 is 11.6 Å². The molecule has 9 heteroatoms. The minimum atomic E-state index is -4.74. The standard InChI is InChI=1S/C25H22F3N3O3/c1-3-21-23(31-15-5-4-6-22(31)29-21)24(32)30(2)16-17-7-9-18(10-8-17)33-19-11-13-20(14-12-19)34-25(26,27)28/h4-15H,3,16H2,1-2H3. The van der Waals surface area contributed by atoms with Crippen molar-refractivity contribution in [2.45, 2.75) is 26.3 Å². The molecule has 4 aromatic rings. The molecular weight excluding hydrogens is 447 g/mol. The van der Waals surface area contributed by atoms with Gasteiger partial charge in [0.25, 0.3) is 5.91 Å². The van der Waals surface area contributed by atoms with Gasteiger partial charge < -0.3 is 14.4 Å². The van der Waals surface area contributed by atoms with Gasteiger partial charge in [0.1, 0.15) is 28.6 Å². The molecular formula is C25H22F3N3O3. The summed E-state index contributed by atoms with van der Waals surface area (Å²) in [5.41, 5.74) is 2.93. The van der Waals surface area contributed by atoms with Gasteiger partial charge in [0.2, 0.25) is 0 Å². The summed E-state index contributed by atoms with van der Waals surface area (Å²) in [5, 5.41) is 0. The van der Waals surface area contributed by atoms with Gasteiger partial charge >= 0.3 is 6.36 Å². The average molecular weight is 469 g/mol. The molecule has 0 N–H and O–H groups in total. The first kappa shape index (κ1) is 23.2. The minimum absolute atomic E-state index is 0.128. The number of aromatic nitrogens is 2. The van der Waals surface area contributed by atoms with Crippen LogP contribution < -0.4 is 9.47 Å². The lowest BCUT2D eigenvalue weighted by Gasteiger charge is -2.18. The van der Waals surface area contributed by atoms with Crippen molar-refractivity contribution in [3.63, 3.8) is 0 Å². The number of fused-ring (bicyclic) bond motifs is 1. The molecule has 0 radical (unpaired) electrons. The van der Waals surface area contributed by atoms with Gasteiger partial charge in [-0.2, -0.15) is 0 Å². The maximum absolute atomic E-state index is 13.2. The molecule has 176 valence electrons. The second kappa shape index (κ2) is 9.46. The number of aryl methyl sites for hydroxylation is 1. The van der Waals surface area contributed by atoms with Gasteiger partial charge in [-0.15, -0.1) is 13.2 Å². The molecule has 1 amide bonds. The zero-order valence-corrected chi connectivity index (χ0v) is 18.5.